The Morgan fingerprint density at radius 2 is 2.15 bits per heavy atom. The number of H-pyrrole nitrogens is 1. The van der Waals surface area contributed by atoms with Gasteiger partial charge in [0, 0.05) is 6.20 Å². The molecule has 2 heterocycles. The lowest BCUT2D eigenvalue weighted by Crippen LogP contribution is -2.19. The molecule has 4 N–H and O–H groups in total. The monoisotopic (exact) mass is 272 g/mol. The molecule has 0 atom stereocenters. The Bertz CT molecular complexity index is 713. The van der Waals surface area contributed by atoms with Crippen LogP contribution in [0.5, 0.6) is 0 Å². The summed E-state index contributed by atoms with van der Waals surface area (Å²) in [4.78, 5) is 22.1. The van der Waals surface area contributed by atoms with E-state index >= 15 is 0 Å². The van der Waals surface area contributed by atoms with Crippen molar-refractivity contribution in [2.24, 2.45) is 5.92 Å². The van der Waals surface area contributed by atoms with Gasteiger partial charge >= 0.3 is 5.97 Å². The second-order valence-electron chi connectivity index (χ2n) is 6.09. The Morgan fingerprint density at radius 1 is 1.40 bits per heavy atom. The maximum atomic E-state index is 11.0. The van der Waals surface area contributed by atoms with Gasteiger partial charge in [-0.1, -0.05) is 0 Å². The average Bonchev–Trinajstić information content (AvgIpc) is 3.12. The summed E-state index contributed by atoms with van der Waals surface area (Å²) < 4.78 is 0. The van der Waals surface area contributed by atoms with Crippen LogP contribution in [0.1, 0.15) is 48.3 Å². The van der Waals surface area contributed by atoms with Crippen LogP contribution in [0.15, 0.2) is 6.20 Å². The van der Waals surface area contributed by atoms with Gasteiger partial charge in [-0.25, -0.2) is 14.8 Å². The van der Waals surface area contributed by atoms with Gasteiger partial charge in [-0.15, -0.1) is 0 Å². The van der Waals surface area contributed by atoms with Crippen molar-refractivity contribution in [3.05, 3.63) is 17.6 Å². The zero-order valence-corrected chi connectivity index (χ0v) is 11.0. The van der Waals surface area contributed by atoms with Crippen molar-refractivity contribution in [1.29, 1.82) is 0 Å². The predicted molar refractivity (Wildman–Crippen MR) is 73.5 cm³/mol. The van der Waals surface area contributed by atoms with Crippen molar-refractivity contribution in [1.82, 2.24) is 15.0 Å². The van der Waals surface area contributed by atoms with Gasteiger partial charge in [0.15, 0.2) is 0 Å². The van der Waals surface area contributed by atoms with Gasteiger partial charge in [0.2, 0.25) is 5.82 Å². The van der Waals surface area contributed by atoms with Crippen molar-refractivity contribution < 1.29 is 9.90 Å². The molecule has 2 aliphatic rings. The first-order valence-corrected chi connectivity index (χ1v) is 6.97. The van der Waals surface area contributed by atoms with Gasteiger partial charge in [-0.2, -0.15) is 0 Å². The lowest BCUT2D eigenvalue weighted by Gasteiger charge is -2.26. The zero-order valence-electron chi connectivity index (χ0n) is 11.0. The van der Waals surface area contributed by atoms with Crippen molar-refractivity contribution >= 4 is 22.8 Å². The zero-order chi connectivity index (χ0) is 13.9. The number of carboxylic acid groups (broad SMARTS) is 1. The third-order valence-corrected chi connectivity index (χ3v) is 5.06. The Morgan fingerprint density at radius 3 is 2.75 bits per heavy atom. The SMILES string of the molecule is Nc1nc(C(=O)O)nc2[nH]cc(C34CCC(CC3)C4)c12. The molecule has 0 amide bonds. The van der Waals surface area contributed by atoms with Gasteiger partial charge in [0.1, 0.15) is 11.5 Å². The molecule has 2 aromatic heterocycles. The highest BCUT2D eigenvalue weighted by Gasteiger charge is 2.47. The molecule has 104 valence electrons. The van der Waals surface area contributed by atoms with Crippen LogP contribution in [0.4, 0.5) is 5.82 Å². The fraction of sp³-hybridized carbons (Fsp3) is 0.500. The summed E-state index contributed by atoms with van der Waals surface area (Å²) in [7, 11) is 0. The van der Waals surface area contributed by atoms with Crippen LogP contribution in [0.2, 0.25) is 0 Å². The van der Waals surface area contributed by atoms with E-state index in [1.54, 1.807) is 0 Å². The van der Waals surface area contributed by atoms with Crippen LogP contribution in [0.25, 0.3) is 11.0 Å². The first kappa shape index (κ1) is 11.7. The van der Waals surface area contributed by atoms with Gasteiger partial charge in [-0.3, -0.25) is 0 Å². The minimum Gasteiger partial charge on any atom is -0.475 e. The summed E-state index contributed by atoms with van der Waals surface area (Å²) in [5.41, 5.74) is 7.92. The number of hydrogen-bond acceptors (Lipinski definition) is 4. The fourth-order valence-electron chi connectivity index (χ4n) is 4.14. The van der Waals surface area contributed by atoms with E-state index in [-0.39, 0.29) is 17.1 Å². The molecule has 2 fully saturated rings. The molecule has 2 aliphatic carbocycles. The van der Waals surface area contributed by atoms with E-state index < -0.39 is 5.97 Å². The van der Waals surface area contributed by atoms with E-state index in [1.165, 1.54) is 37.7 Å². The quantitative estimate of drug-likeness (QED) is 0.776. The minimum atomic E-state index is -1.16. The van der Waals surface area contributed by atoms with E-state index in [1.807, 2.05) is 6.20 Å². The number of nitrogens with zero attached hydrogens (tertiary/aromatic N) is 2. The van der Waals surface area contributed by atoms with Crippen LogP contribution < -0.4 is 5.73 Å². The molecule has 6 nitrogen and oxygen atoms in total. The molecule has 4 rings (SSSR count). The number of nitrogens with two attached hydrogens (primary N) is 1. The molecule has 0 aromatic carbocycles. The Kier molecular flexibility index (Phi) is 2.17. The number of fused-ring (bicyclic) bond motifs is 3. The summed E-state index contributed by atoms with van der Waals surface area (Å²) in [5.74, 6) is -0.305. The summed E-state index contributed by atoms with van der Waals surface area (Å²) in [6.45, 7) is 0. The third kappa shape index (κ3) is 1.42. The summed E-state index contributed by atoms with van der Waals surface area (Å²) >= 11 is 0. The first-order chi connectivity index (χ1) is 9.59. The number of aromatic amines is 1. The standard InChI is InChI=1S/C14H16N4O2/c15-10-9-8(14-3-1-7(5-14)2-4-14)6-16-11(9)18-12(17-10)13(19)20/h6-7H,1-5H2,(H,19,20)(H3,15,16,17,18). The van der Waals surface area contributed by atoms with Crippen LogP contribution in [-0.4, -0.2) is 26.0 Å². The summed E-state index contributed by atoms with van der Waals surface area (Å²) in [6, 6.07) is 0. The number of anilines is 1. The first-order valence-electron chi connectivity index (χ1n) is 6.97. The molecule has 0 unspecified atom stereocenters. The Labute approximate surface area is 115 Å². The summed E-state index contributed by atoms with van der Waals surface area (Å²) in [6.07, 6.45) is 8.09. The van der Waals surface area contributed by atoms with E-state index in [9.17, 15) is 4.79 Å². The van der Waals surface area contributed by atoms with Gasteiger partial charge in [-0.05, 0) is 49.0 Å². The number of nitrogens with one attached hydrogen (secondary N) is 1. The minimum absolute atomic E-state index is 0.200. The highest BCUT2D eigenvalue weighted by molar-refractivity contribution is 5.94. The normalized spacial score (nSPS) is 28.3. The molecule has 2 bridgehead atoms. The molecule has 0 radical (unpaired) electrons. The van der Waals surface area contributed by atoms with E-state index in [0.717, 1.165) is 11.3 Å². The van der Waals surface area contributed by atoms with E-state index in [4.69, 9.17) is 10.8 Å². The Balaban J connectivity index is 1.92. The van der Waals surface area contributed by atoms with Gasteiger partial charge < -0.3 is 15.8 Å². The number of rotatable bonds is 2. The van der Waals surface area contributed by atoms with Crippen molar-refractivity contribution in [2.45, 2.75) is 37.5 Å². The van der Waals surface area contributed by atoms with Crippen LogP contribution in [0.3, 0.4) is 0 Å². The fourth-order valence-corrected chi connectivity index (χ4v) is 4.14. The van der Waals surface area contributed by atoms with E-state index in [0.29, 0.717) is 5.65 Å². The van der Waals surface area contributed by atoms with E-state index in [2.05, 4.69) is 15.0 Å². The molecule has 2 aromatic rings. The van der Waals surface area contributed by atoms with Crippen LogP contribution >= 0.6 is 0 Å². The van der Waals surface area contributed by atoms with Crippen LogP contribution in [-0.2, 0) is 5.41 Å². The number of carbonyl (C=O) groups is 1. The molecule has 6 heteroatoms. The highest BCUT2D eigenvalue weighted by Crippen LogP contribution is 2.56. The Hall–Kier alpha value is -2.11. The molecule has 20 heavy (non-hydrogen) atoms. The van der Waals surface area contributed by atoms with Gasteiger partial charge in [0.25, 0.3) is 0 Å². The molecule has 2 saturated carbocycles. The lowest BCUT2D eigenvalue weighted by molar-refractivity contribution is 0.0684. The number of aromatic carboxylic acids is 1. The smallest absolute Gasteiger partial charge is 0.374 e. The number of hydrogen-bond donors (Lipinski definition) is 3. The average molecular weight is 272 g/mol. The second kappa shape index (κ2) is 3.71. The topological polar surface area (TPSA) is 105 Å². The number of nitrogen functional groups attached to an aromatic ring is 1. The maximum absolute atomic E-state index is 11.0. The van der Waals surface area contributed by atoms with Crippen molar-refractivity contribution in [3.8, 4) is 0 Å². The van der Waals surface area contributed by atoms with Crippen molar-refractivity contribution in [3.63, 3.8) is 0 Å². The third-order valence-electron chi connectivity index (χ3n) is 5.06. The molecular weight excluding hydrogens is 256 g/mol. The lowest BCUT2D eigenvalue weighted by atomic mass is 9.78. The van der Waals surface area contributed by atoms with Crippen LogP contribution in [0, 0.1) is 5.92 Å². The summed E-state index contributed by atoms with van der Waals surface area (Å²) in [5, 5.41) is 9.81. The molecular formula is C14H16N4O2. The van der Waals surface area contributed by atoms with Crippen molar-refractivity contribution in [2.75, 3.05) is 5.73 Å². The molecule has 0 spiro atoms. The molecule has 0 aliphatic heterocycles. The maximum Gasteiger partial charge on any atom is 0.374 e. The number of aromatic nitrogens is 3. The highest BCUT2D eigenvalue weighted by atomic mass is 16.4. The van der Waals surface area contributed by atoms with Gasteiger partial charge in [0.05, 0.1) is 5.39 Å². The second-order valence-corrected chi connectivity index (χ2v) is 6.09. The molecule has 0 saturated heterocycles. The predicted octanol–water partition coefficient (Wildman–Crippen LogP) is 2.07. The largest absolute Gasteiger partial charge is 0.475 e. The number of carboxylic acids is 1.